The van der Waals surface area contributed by atoms with Crippen LogP contribution in [0.15, 0.2) is 77.8 Å². The first-order valence-corrected chi connectivity index (χ1v) is 11.9. The maximum Gasteiger partial charge on any atom is 0.293 e. The van der Waals surface area contributed by atoms with Crippen LogP contribution >= 0.6 is 23.4 Å². The molecule has 5 rings (SSSR count). The Kier molecular flexibility index (Phi) is 6.02. The second-order valence-electron chi connectivity index (χ2n) is 8.22. The van der Waals surface area contributed by atoms with Gasteiger partial charge in [0.15, 0.2) is 0 Å². The van der Waals surface area contributed by atoms with E-state index >= 15 is 0 Å². The fourth-order valence-electron chi connectivity index (χ4n) is 4.01. The van der Waals surface area contributed by atoms with Crippen molar-refractivity contribution in [1.29, 1.82) is 0 Å². The molecule has 34 heavy (non-hydrogen) atoms. The number of thioether (sulfide) groups is 1. The van der Waals surface area contributed by atoms with Crippen molar-refractivity contribution in [2.75, 3.05) is 0 Å². The molecule has 0 unspecified atom stereocenters. The molecular formula is C27H20ClFN2O2S. The predicted molar refractivity (Wildman–Crippen MR) is 135 cm³/mol. The van der Waals surface area contributed by atoms with E-state index in [1.807, 2.05) is 30.5 Å². The summed E-state index contributed by atoms with van der Waals surface area (Å²) in [5, 5.41) is 0.810. The molecule has 2 heterocycles. The van der Waals surface area contributed by atoms with E-state index in [-0.39, 0.29) is 22.7 Å². The Morgan fingerprint density at radius 2 is 1.76 bits per heavy atom. The van der Waals surface area contributed by atoms with Gasteiger partial charge in [-0.3, -0.25) is 14.5 Å². The summed E-state index contributed by atoms with van der Waals surface area (Å²) in [5.74, 6) is -0.851. The molecule has 0 aliphatic carbocycles. The van der Waals surface area contributed by atoms with Gasteiger partial charge in [0, 0.05) is 34.2 Å². The molecule has 4 aromatic rings. The van der Waals surface area contributed by atoms with E-state index in [9.17, 15) is 14.0 Å². The zero-order chi connectivity index (χ0) is 23.8. The number of imide groups is 1. The number of aryl methyl sites for hydroxylation is 1. The molecule has 0 N–H and O–H groups in total. The standard InChI is InChI=1S/C27H20ClFN2O2S/c1-17-6-8-18(9-7-17)14-30-15-20(22-4-2-3-5-24(22)30)12-25-26(32)31(27(33)34-25)16-19-10-11-21(29)13-23(19)28/h2-13,15H,14,16H2,1H3/b25-12+. The largest absolute Gasteiger partial charge is 0.342 e. The summed E-state index contributed by atoms with van der Waals surface area (Å²) in [6.45, 7) is 2.75. The highest BCUT2D eigenvalue weighted by atomic mass is 35.5. The van der Waals surface area contributed by atoms with Crippen LogP contribution < -0.4 is 0 Å². The van der Waals surface area contributed by atoms with E-state index in [1.54, 1.807) is 6.08 Å². The van der Waals surface area contributed by atoms with Gasteiger partial charge in [-0.1, -0.05) is 65.7 Å². The summed E-state index contributed by atoms with van der Waals surface area (Å²) >= 11 is 7.00. The van der Waals surface area contributed by atoms with E-state index < -0.39 is 5.82 Å². The summed E-state index contributed by atoms with van der Waals surface area (Å²) in [4.78, 5) is 27.2. The topological polar surface area (TPSA) is 42.3 Å². The molecular weight excluding hydrogens is 471 g/mol. The van der Waals surface area contributed by atoms with Gasteiger partial charge in [0.25, 0.3) is 11.1 Å². The van der Waals surface area contributed by atoms with Crippen LogP contribution in [0.3, 0.4) is 0 Å². The molecule has 7 heteroatoms. The molecule has 1 saturated heterocycles. The molecule has 0 saturated carbocycles. The first-order valence-electron chi connectivity index (χ1n) is 10.7. The van der Waals surface area contributed by atoms with Crippen LogP contribution in [-0.2, 0) is 17.9 Å². The molecule has 0 radical (unpaired) electrons. The number of amides is 2. The van der Waals surface area contributed by atoms with Crippen LogP contribution in [-0.4, -0.2) is 20.6 Å². The third-order valence-corrected chi connectivity index (χ3v) is 7.06. The molecule has 1 aliphatic heterocycles. The Morgan fingerprint density at radius 1 is 1.00 bits per heavy atom. The number of carbonyl (C=O) groups excluding carboxylic acids is 2. The Bertz CT molecular complexity index is 1460. The van der Waals surface area contributed by atoms with Gasteiger partial charge in [-0.15, -0.1) is 0 Å². The molecule has 0 atom stereocenters. The monoisotopic (exact) mass is 490 g/mol. The third-order valence-electron chi connectivity index (χ3n) is 5.80. The summed E-state index contributed by atoms with van der Waals surface area (Å²) in [6.07, 6.45) is 3.78. The maximum atomic E-state index is 13.4. The van der Waals surface area contributed by atoms with Gasteiger partial charge in [-0.05, 0) is 54.1 Å². The average Bonchev–Trinajstić information content (AvgIpc) is 3.29. The minimum Gasteiger partial charge on any atom is -0.342 e. The van der Waals surface area contributed by atoms with Crippen LogP contribution in [0.2, 0.25) is 5.02 Å². The lowest BCUT2D eigenvalue weighted by atomic mass is 10.1. The van der Waals surface area contributed by atoms with Crippen LogP contribution in [0, 0.1) is 12.7 Å². The normalized spacial score (nSPS) is 15.1. The van der Waals surface area contributed by atoms with Crippen LogP contribution in [0.1, 0.15) is 22.3 Å². The SMILES string of the molecule is Cc1ccc(Cn2cc(/C=C3/SC(=O)N(Cc4ccc(F)cc4Cl)C3=O)c3ccccc32)cc1. The smallest absolute Gasteiger partial charge is 0.293 e. The van der Waals surface area contributed by atoms with Crippen molar-refractivity contribution >= 4 is 51.5 Å². The third kappa shape index (κ3) is 4.39. The number of fused-ring (bicyclic) bond motifs is 1. The Hall–Kier alpha value is -3.35. The van der Waals surface area contributed by atoms with Gasteiger partial charge < -0.3 is 4.57 Å². The summed E-state index contributed by atoms with van der Waals surface area (Å²) in [7, 11) is 0. The lowest BCUT2D eigenvalue weighted by Crippen LogP contribution is -2.27. The highest BCUT2D eigenvalue weighted by Crippen LogP contribution is 2.36. The van der Waals surface area contributed by atoms with Crippen LogP contribution in [0.25, 0.3) is 17.0 Å². The number of halogens is 2. The van der Waals surface area contributed by atoms with E-state index in [1.165, 1.54) is 29.3 Å². The van der Waals surface area contributed by atoms with Gasteiger partial charge in [0.2, 0.25) is 0 Å². The van der Waals surface area contributed by atoms with Gasteiger partial charge in [0.1, 0.15) is 5.82 Å². The van der Waals surface area contributed by atoms with Crippen molar-refractivity contribution in [3.05, 3.63) is 111 Å². The van der Waals surface area contributed by atoms with E-state index in [2.05, 4.69) is 35.8 Å². The second-order valence-corrected chi connectivity index (χ2v) is 9.62. The minimum atomic E-state index is -0.468. The summed E-state index contributed by atoms with van der Waals surface area (Å²) in [5.41, 5.74) is 4.81. The molecule has 0 bridgehead atoms. The number of carbonyl (C=O) groups is 2. The number of aromatic nitrogens is 1. The zero-order valence-corrected chi connectivity index (χ0v) is 19.9. The first-order chi connectivity index (χ1) is 16.4. The molecule has 4 nitrogen and oxygen atoms in total. The Balaban J connectivity index is 1.45. The number of nitrogens with zero attached hydrogens (tertiary/aromatic N) is 2. The quantitative estimate of drug-likeness (QED) is 0.282. The number of hydrogen-bond acceptors (Lipinski definition) is 3. The van der Waals surface area contributed by atoms with Crippen molar-refractivity contribution in [3.63, 3.8) is 0 Å². The molecule has 2 amide bonds. The summed E-state index contributed by atoms with van der Waals surface area (Å²) in [6, 6.07) is 20.3. The highest BCUT2D eigenvalue weighted by Gasteiger charge is 2.35. The zero-order valence-electron chi connectivity index (χ0n) is 18.3. The summed E-state index contributed by atoms with van der Waals surface area (Å²) < 4.78 is 15.5. The van der Waals surface area contributed by atoms with Gasteiger partial charge in [-0.25, -0.2) is 4.39 Å². The Labute approximate surface area is 205 Å². The average molecular weight is 491 g/mol. The molecule has 3 aromatic carbocycles. The molecule has 1 fully saturated rings. The fraction of sp³-hybridized carbons (Fsp3) is 0.111. The second kappa shape index (κ2) is 9.12. The van der Waals surface area contributed by atoms with Crippen molar-refractivity contribution < 1.29 is 14.0 Å². The van der Waals surface area contributed by atoms with Crippen LogP contribution in [0.4, 0.5) is 9.18 Å². The molecule has 1 aromatic heterocycles. The maximum absolute atomic E-state index is 13.4. The number of benzene rings is 3. The predicted octanol–water partition coefficient (Wildman–Crippen LogP) is 7.03. The van der Waals surface area contributed by atoms with Crippen molar-refractivity contribution in [1.82, 2.24) is 9.47 Å². The van der Waals surface area contributed by atoms with Crippen molar-refractivity contribution in [2.45, 2.75) is 20.0 Å². The first kappa shape index (κ1) is 22.4. The number of rotatable bonds is 5. The van der Waals surface area contributed by atoms with Gasteiger partial charge in [-0.2, -0.15) is 0 Å². The minimum absolute atomic E-state index is 0.00367. The molecule has 0 spiro atoms. The number of hydrogen-bond donors (Lipinski definition) is 0. The van der Waals surface area contributed by atoms with Crippen molar-refractivity contribution in [3.8, 4) is 0 Å². The van der Waals surface area contributed by atoms with Gasteiger partial charge >= 0.3 is 0 Å². The Morgan fingerprint density at radius 3 is 2.53 bits per heavy atom. The fourth-order valence-corrected chi connectivity index (χ4v) is 5.07. The number of para-hydroxylation sites is 1. The lowest BCUT2D eigenvalue weighted by Gasteiger charge is -2.13. The van der Waals surface area contributed by atoms with E-state index in [0.717, 1.165) is 33.1 Å². The van der Waals surface area contributed by atoms with Gasteiger partial charge in [0.05, 0.1) is 11.4 Å². The van der Waals surface area contributed by atoms with E-state index in [0.29, 0.717) is 17.0 Å². The van der Waals surface area contributed by atoms with Crippen LogP contribution in [0.5, 0.6) is 0 Å². The van der Waals surface area contributed by atoms with E-state index in [4.69, 9.17) is 11.6 Å². The van der Waals surface area contributed by atoms with Crippen molar-refractivity contribution in [2.24, 2.45) is 0 Å². The highest BCUT2D eigenvalue weighted by molar-refractivity contribution is 8.18. The lowest BCUT2D eigenvalue weighted by molar-refractivity contribution is -0.123. The molecule has 170 valence electrons. The molecule has 1 aliphatic rings.